The number of benzene rings is 1. The van der Waals surface area contributed by atoms with Crippen molar-refractivity contribution in [1.29, 1.82) is 0 Å². The minimum Gasteiger partial charge on any atom is -0.399 e. The number of nitrogens with two attached hydrogens (primary N) is 1. The molecule has 2 rings (SSSR count). The molecule has 0 bridgehead atoms. The summed E-state index contributed by atoms with van der Waals surface area (Å²) >= 11 is 0. The number of rotatable bonds is 5. The average Bonchev–Trinajstić information content (AvgIpc) is 2.49. The van der Waals surface area contributed by atoms with E-state index < -0.39 is 0 Å². The largest absolute Gasteiger partial charge is 0.399 e. The summed E-state index contributed by atoms with van der Waals surface area (Å²) in [6, 6.07) is 11.0. The molecule has 1 aromatic carbocycles. The van der Waals surface area contributed by atoms with Crippen LogP contribution in [0.3, 0.4) is 0 Å². The Morgan fingerprint density at radius 3 is 2.40 bits per heavy atom. The molecule has 0 spiro atoms. The lowest BCUT2D eigenvalue weighted by atomic mass is 10.1. The van der Waals surface area contributed by atoms with Crippen LogP contribution in [0, 0.1) is 0 Å². The zero-order chi connectivity index (χ0) is 14.4. The van der Waals surface area contributed by atoms with Crippen molar-refractivity contribution in [3.63, 3.8) is 0 Å². The second-order valence-electron chi connectivity index (χ2n) is 4.61. The zero-order valence-corrected chi connectivity index (χ0v) is 11.6. The molecule has 104 valence electrons. The third-order valence-corrected chi connectivity index (χ3v) is 3.25. The van der Waals surface area contributed by atoms with Crippen molar-refractivity contribution in [3.05, 3.63) is 59.9 Å². The smallest absolute Gasteiger partial charge is 0.253 e. The maximum Gasteiger partial charge on any atom is 0.253 e. The van der Waals surface area contributed by atoms with E-state index >= 15 is 0 Å². The van der Waals surface area contributed by atoms with Gasteiger partial charge in [0.05, 0.1) is 0 Å². The van der Waals surface area contributed by atoms with E-state index in [0.717, 1.165) is 6.42 Å². The number of carbonyl (C=O) groups is 1. The highest BCUT2D eigenvalue weighted by Crippen LogP contribution is 2.09. The first-order chi connectivity index (χ1) is 9.70. The van der Waals surface area contributed by atoms with Gasteiger partial charge in [-0.3, -0.25) is 9.78 Å². The lowest BCUT2D eigenvalue weighted by molar-refractivity contribution is 0.0766. The van der Waals surface area contributed by atoms with Gasteiger partial charge in [-0.05, 0) is 55.3 Å². The molecule has 0 saturated carbocycles. The SMILES string of the molecule is CCN(CCc1ccncc1)C(=O)c1ccc(N)cc1. The van der Waals surface area contributed by atoms with Crippen molar-refractivity contribution in [2.24, 2.45) is 0 Å². The van der Waals surface area contributed by atoms with Crippen LogP contribution in [0.15, 0.2) is 48.8 Å². The fraction of sp³-hybridized carbons (Fsp3) is 0.250. The van der Waals surface area contributed by atoms with E-state index in [2.05, 4.69) is 4.98 Å². The van der Waals surface area contributed by atoms with Gasteiger partial charge in [-0.15, -0.1) is 0 Å². The third kappa shape index (κ3) is 3.57. The Kier molecular flexibility index (Phi) is 4.71. The molecule has 0 aliphatic carbocycles. The summed E-state index contributed by atoms with van der Waals surface area (Å²) in [5.74, 6) is 0.0431. The monoisotopic (exact) mass is 269 g/mol. The Labute approximate surface area is 119 Å². The van der Waals surface area contributed by atoms with Crippen LogP contribution in [0.2, 0.25) is 0 Å². The number of amides is 1. The number of pyridine rings is 1. The molecule has 0 saturated heterocycles. The Bertz CT molecular complexity index is 552. The molecule has 1 heterocycles. The van der Waals surface area contributed by atoms with E-state index in [9.17, 15) is 4.79 Å². The first-order valence-electron chi connectivity index (χ1n) is 6.74. The number of nitrogens with zero attached hydrogens (tertiary/aromatic N) is 2. The highest BCUT2D eigenvalue weighted by Gasteiger charge is 2.13. The topological polar surface area (TPSA) is 59.2 Å². The standard InChI is InChI=1S/C16H19N3O/c1-2-19(12-9-13-7-10-18-11-8-13)16(20)14-3-5-15(17)6-4-14/h3-8,10-11H,2,9,12,17H2,1H3. The fourth-order valence-corrected chi connectivity index (χ4v) is 2.03. The summed E-state index contributed by atoms with van der Waals surface area (Å²) in [6.45, 7) is 3.37. The highest BCUT2D eigenvalue weighted by atomic mass is 16.2. The molecule has 1 aromatic heterocycles. The Morgan fingerprint density at radius 2 is 1.80 bits per heavy atom. The maximum atomic E-state index is 12.4. The predicted octanol–water partition coefficient (Wildman–Crippen LogP) is 2.37. The van der Waals surface area contributed by atoms with Crippen molar-refractivity contribution >= 4 is 11.6 Å². The Hall–Kier alpha value is -2.36. The summed E-state index contributed by atoms with van der Waals surface area (Å²) < 4.78 is 0. The Morgan fingerprint density at radius 1 is 1.15 bits per heavy atom. The van der Waals surface area contributed by atoms with Gasteiger partial charge in [0.25, 0.3) is 5.91 Å². The van der Waals surface area contributed by atoms with Gasteiger partial charge < -0.3 is 10.6 Å². The second-order valence-corrected chi connectivity index (χ2v) is 4.61. The van der Waals surface area contributed by atoms with E-state index in [1.54, 1.807) is 36.7 Å². The summed E-state index contributed by atoms with van der Waals surface area (Å²) in [4.78, 5) is 18.2. The lowest BCUT2D eigenvalue weighted by Crippen LogP contribution is -2.32. The van der Waals surface area contributed by atoms with Gasteiger partial charge in [0.2, 0.25) is 0 Å². The van der Waals surface area contributed by atoms with E-state index in [0.29, 0.717) is 24.3 Å². The molecule has 0 atom stereocenters. The molecule has 0 aliphatic heterocycles. The summed E-state index contributed by atoms with van der Waals surface area (Å²) in [5.41, 5.74) is 8.17. The van der Waals surface area contributed by atoms with Gasteiger partial charge in [0.1, 0.15) is 0 Å². The number of likely N-dealkylation sites (N-methyl/N-ethyl adjacent to an activating group) is 1. The van der Waals surface area contributed by atoms with Gasteiger partial charge in [-0.2, -0.15) is 0 Å². The number of nitrogen functional groups attached to an aromatic ring is 1. The summed E-state index contributed by atoms with van der Waals surface area (Å²) in [7, 11) is 0. The average molecular weight is 269 g/mol. The number of aromatic nitrogens is 1. The van der Waals surface area contributed by atoms with Crippen LogP contribution < -0.4 is 5.73 Å². The van der Waals surface area contributed by atoms with Gasteiger partial charge in [0.15, 0.2) is 0 Å². The van der Waals surface area contributed by atoms with Crippen molar-refractivity contribution in [3.8, 4) is 0 Å². The number of hydrogen-bond donors (Lipinski definition) is 1. The van der Waals surface area contributed by atoms with E-state index in [1.807, 2.05) is 24.0 Å². The minimum atomic E-state index is 0.0431. The molecular weight excluding hydrogens is 250 g/mol. The van der Waals surface area contributed by atoms with E-state index in [-0.39, 0.29) is 5.91 Å². The van der Waals surface area contributed by atoms with Crippen LogP contribution >= 0.6 is 0 Å². The Balaban J connectivity index is 2.00. The normalized spacial score (nSPS) is 10.2. The summed E-state index contributed by atoms with van der Waals surface area (Å²) in [5, 5.41) is 0. The molecule has 2 aromatic rings. The maximum absolute atomic E-state index is 12.4. The number of carbonyl (C=O) groups excluding carboxylic acids is 1. The number of hydrogen-bond acceptors (Lipinski definition) is 3. The second kappa shape index (κ2) is 6.70. The molecule has 4 heteroatoms. The van der Waals surface area contributed by atoms with E-state index in [4.69, 9.17) is 5.73 Å². The summed E-state index contributed by atoms with van der Waals surface area (Å²) in [6.07, 6.45) is 4.37. The molecule has 1 amide bonds. The zero-order valence-electron chi connectivity index (χ0n) is 11.6. The molecular formula is C16H19N3O. The van der Waals surface area contributed by atoms with Crippen LogP contribution in [0.25, 0.3) is 0 Å². The molecule has 0 fully saturated rings. The molecule has 2 N–H and O–H groups in total. The molecule has 0 radical (unpaired) electrons. The quantitative estimate of drug-likeness (QED) is 0.848. The highest BCUT2D eigenvalue weighted by molar-refractivity contribution is 5.94. The van der Waals surface area contributed by atoms with Gasteiger partial charge in [-0.25, -0.2) is 0 Å². The van der Waals surface area contributed by atoms with Gasteiger partial charge in [-0.1, -0.05) is 0 Å². The number of anilines is 1. The van der Waals surface area contributed by atoms with Gasteiger partial charge >= 0.3 is 0 Å². The fourth-order valence-electron chi connectivity index (χ4n) is 2.03. The minimum absolute atomic E-state index is 0.0431. The third-order valence-electron chi connectivity index (χ3n) is 3.25. The lowest BCUT2D eigenvalue weighted by Gasteiger charge is -2.21. The molecule has 4 nitrogen and oxygen atoms in total. The van der Waals surface area contributed by atoms with Crippen molar-refractivity contribution in [2.45, 2.75) is 13.3 Å². The van der Waals surface area contributed by atoms with Crippen molar-refractivity contribution in [1.82, 2.24) is 9.88 Å². The molecule has 0 aliphatic rings. The van der Waals surface area contributed by atoms with Crippen LogP contribution in [-0.4, -0.2) is 28.9 Å². The van der Waals surface area contributed by atoms with Crippen LogP contribution in [0.5, 0.6) is 0 Å². The van der Waals surface area contributed by atoms with Gasteiger partial charge in [0, 0.05) is 36.7 Å². The van der Waals surface area contributed by atoms with Crippen LogP contribution in [0.4, 0.5) is 5.69 Å². The molecule has 0 unspecified atom stereocenters. The first kappa shape index (κ1) is 14.1. The van der Waals surface area contributed by atoms with Crippen LogP contribution in [0.1, 0.15) is 22.8 Å². The van der Waals surface area contributed by atoms with Crippen molar-refractivity contribution in [2.75, 3.05) is 18.8 Å². The van der Waals surface area contributed by atoms with E-state index in [1.165, 1.54) is 5.56 Å². The molecule has 20 heavy (non-hydrogen) atoms. The first-order valence-corrected chi connectivity index (χ1v) is 6.74. The van der Waals surface area contributed by atoms with Crippen molar-refractivity contribution < 1.29 is 4.79 Å². The predicted molar refractivity (Wildman–Crippen MR) is 80.4 cm³/mol. The van der Waals surface area contributed by atoms with Crippen LogP contribution in [-0.2, 0) is 6.42 Å².